The summed E-state index contributed by atoms with van der Waals surface area (Å²) in [4.78, 5) is 9.65. The van der Waals surface area contributed by atoms with Crippen molar-refractivity contribution in [3.05, 3.63) is 0 Å². The molecule has 8 heteroatoms. The number of carbonyl (C=O) groups is 1. The zero-order valence-corrected chi connectivity index (χ0v) is 7.15. The van der Waals surface area contributed by atoms with Crippen molar-refractivity contribution in [2.24, 2.45) is 5.73 Å². The number of nitrogens with two attached hydrogens (primary N) is 1. The molecule has 0 aromatic heterocycles. The molecule has 0 saturated heterocycles. The Hall–Kier alpha value is -0.700. The quantitative estimate of drug-likeness (QED) is 0.375. The van der Waals surface area contributed by atoms with E-state index in [1.54, 1.807) is 0 Å². The fourth-order valence-electron chi connectivity index (χ4n) is 0.0781. The lowest BCUT2D eigenvalue weighted by Crippen LogP contribution is -2.33. The Kier molecular flexibility index (Phi) is 6.80. The average Bonchev–Trinajstić information content (AvgIpc) is 1.82. The number of aliphatic hydroxyl groups is 1. The summed E-state index contributed by atoms with van der Waals surface area (Å²) < 4.78 is 25.9. The van der Waals surface area contributed by atoms with Crippen molar-refractivity contribution in [3.8, 4) is 0 Å². The molecule has 12 heavy (non-hydrogen) atoms. The fourth-order valence-corrected chi connectivity index (χ4v) is 0.0781. The first-order chi connectivity index (χ1) is 5.18. The van der Waals surface area contributed by atoms with Gasteiger partial charge < -0.3 is 15.9 Å². The molecule has 0 heterocycles. The van der Waals surface area contributed by atoms with E-state index >= 15 is 0 Å². The van der Waals surface area contributed by atoms with Gasteiger partial charge in [0.2, 0.25) is 0 Å². The van der Waals surface area contributed by atoms with E-state index in [-0.39, 0.29) is 0 Å². The van der Waals surface area contributed by atoms with Gasteiger partial charge in [0.15, 0.2) is 0 Å². The lowest BCUT2D eigenvalue weighted by atomic mass is 10.3. The van der Waals surface area contributed by atoms with Crippen LogP contribution in [-0.4, -0.2) is 48.1 Å². The summed E-state index contributed by atoms with van der Waals surface area (Å²) >= 11 is 0. The maximum absolute atomic E-state index is 9.65. The highest BCUT2D eigenvalue weighted by atomic mass is 32.2. The summed E-state index contributed by atoms with van der Waals surface area (Å²) in [5, 5.41) is 15.9. The van der Waals surface area contributed by atoms with Gasteiger partial charge in [-0.25, -0.2) is 0 Å². The minimum Gasteiger partial charge on any atom is -0.480 e. The van der Waals surface area contributed by atoms with Crippen LogP contribution in [-0.2, 0) is 14.9 Å². The van der Waals surface area contributed by atoms with E-state index in [2.05, 4.69) is 0 Å². The Bertz CT molecular complexity index is 214. The second kappa shape index (κ2) is 5.89. The van der Waals surface area contributed by atoms with Crippen molar-refractivity contribution in [3.63, 3.8) is 0 Å². The van der Waals surface area contributed by atoms with Crippen LogP contribution in [0.3, 0.4) is 0 Å². The highest BCUT2D eigenvalue weighted by Crippen LogP contribution is 1.71. The molecule has 0 bridgehead atoms. The van der Waals surface area contributed by atoms with Crippen LogP contribution in [0.2, 0.25) is 0 Å². The molecule has 74 valence electrons. The van der Waals surface area contributed by atoms with Crippen molar-refractivity contribution in [1.29, 1.82) is 0 Å². The van der Waals surface area contributed by atoms with Crippen LogP contribution in [0.25, 0.3) is 0 Å². The molecule has 7 nitrogen and oxygen atoms in total. The van der Waals surface area contributed by atoms with Gasteiger partial charge in [0.05, 0.1) is 12.9 Å². The second-order valence-electron chi connectivity index (χ2n) is 1.86. The van der Waals surface area contributed by atoms with Crippen molar-refractivity contribution >= 4 is 16.1 Å². The molecule has 0 fully saturated rings. The van der Waals surface area contributed by atoms with Gasteiger partial charge in [0.25, 0.3) is 10.1 Å². The third-order valence-corrected chi connectivity index (χ3v) is 0.514. The number of carboxylic acids is 1. The Morgan fingerprint density at radius 1 is 1.58 bits per heavy atom. The van der Waals surface area contributed by atoms with Gasteiger partial charge in [-0.1, -0.05) is 0 Å². The SMILES string of the molecule is CS(=O)(=O)O.NC(CO)C(=O)O. The highest BCUT2D eigenvalue weighted by Gasteiger charge is 2.06. The number of carboxylic acid groups (broad SMARTS) is 1. The van der Waals surface area contributed by atoms with Crippen LogP contribution >= 0.6 is 0 Å². The Morgan fingerprint density at radius 2 is 1.83 bits per heavy atom. The molecule has 0 aliphatic rings. The Balaban J connectivity index is 0. The molecule has 0 radical (unpaired) electrons. The van der Waals surface area contributed by atoms with Gasteiger partial charge in [0.1, 0.15) is 6.04 Å². The van der Waals surface area contributed by atoms with Gasteiger partial charge in [0, 0.05) is 0 Å². The molecule has 0 rings (SSSR count). The Labute approximate surface area is 69.6 Å². The van der Waals surface area contributed by atoms with Crippen molar-refractivity contribution in [2.75, 3.05) is 12.9 Å². The number of hydrogen-bond acceptors (Lipinski definition) is 5. The minimum absolute atomic E-state index is 0.505. The zero-order chi connectivity index (χ0) is 10.4. The molecule has 0 aromatic carbocycles. The summed E-state index contributed by atoms with van der Waals surface area (Å²) in [5.74, 6) is -1.18. The molecular formula is C4H11NO6S. The molecule has 0 aromatic rings. The van der Waals surface area contributed by atoms with E-state index in [1.165, 1.54) is 0 Å². The fraction of sp³-hybridized carbons (Fsp3) is 0.750. The van der Waals surface area contributed by atoms with Crippen LogP contribution in [0.15, 0.2) is 0 Å². The molecule has 0 amide bonds. The molecule has 0 saturated carbocycles. The topological polar surface area (TPSA) is 138 Å². The summed E-state index contributed by atoms with van der Waals surface area (Å²) in [7, 11) is -3.67. The lowest BCUT2D eigenvalue weighted by Gasteiger charge is -1.96. The first-order valence-electron chi connectivity index (χ1n) is 2.70. The van der Waals surface area contributed by atoms with Gasteiger partial charge in [-0.15, -0.1) is 0 Å². The first kappa shape index (κ1) is 13.9. The molecule has 5 N–H and O–H groups in total. The standard InChI is InChI=1S/C3H7NO3.CH4O3S/c4-2(1-5)3(6)7;1-5(2,3)4/h2,5H,1,4H2,(H,6,7);1H3,(H,2,3,4). The van der Waals surface area contributed by atoms with E-state index in [0.717, 1.165) is 0 Å². The largest absolute Gasteiger partial charge is 0.480 e. The second-order valence-corrected chi connectivity index (χ2v) is 3.33. The maximum atomic E-state index is 9.65. The zero-order valence-electron chi connectivity index (χ0n) is 6.34. The molecule has 0 aliphatic heterocycles. The maximum Gasteiger partial charge on any atom is 0.322 e. The number of hydrogen-bond donors (Lipinski definition) is 4. The molecule has 0 aliphatic carbocycles. The van der Waals surface area contributed by atoms with Crippen LogP contribution in [0.1, 0.15) is 0 Å². The molecule has 1 unspecified atom stereocenters. The molecular weight excluding hydrogens is 190 g/mol. The summed E-state index contributed by atoms with van der Waals surface area (Å²) in [6.07, 6.45) is 0.715. The third-order valence-electron chi connectivity index (χ3n) is 0.514. The summed E-state index contributed by atoms with van der Waals surface area (Å²) in [5.41, 5.74) is 4.77. The van der Waals surface area contributed by atoms with Gasteiger partial charge in [-0.3, -0.25) is 9.35 Å². The summed E-state index contributed by atoms with van der Waals surface area (Å²) in [6, 6.07) is -1.13. The first-order valence-corrected chi connectivity index (χ1v) is 4.55. The average molecular weight is 201 g/mol. The van der Waals surface area contributed by atoms with E-state index in [1.807, 2.05) is 0 Å². The smallest absolute Gasteiger partial charge is 0.322 e. The number of aliphatic carboxylic acids is 1. The predicted octanol–water partition coefficient (Wildman–Crippen LogP) is -2.11. The molecule has 1 atom stereocenters. The predicted molar refractivity (Wildman–Crippen MR) is 40.2 cm³/mol. The van der Waals surface area contributed by atoms with Gasteiger partial charge >= 0.3 is 5.97 Å². The van der Waals surface area contributed by atoms with E-state index in [9.17, 15) is 13.2 Å². The van der Waals surface area contributed by atoms with Gasteiger partial charge in [-0.2, -0.15) is 8.42 Å². The number of rotatable bonds is 2. The monoisotopic (exact) mass is 201 g/mol. The number of aliphatic hydroxyl groups excluding tert-OH is 1. The van der Waals surface area contributed by atoms with Gasteiger partial charge in [-0.05, 0) is 0 Å². The summed E-state index contributed by atoms with van der Waals surface area (Å²) in [6.45, 7) is -0.505. The molecule has 0 spiro atoms. The van der Waals surface area contributed by atoms with Crippen LogP contribution in [0.4, 0.5) is 0 Å². The normalized spacial score (nSPS) is 12.7. The van der Waals surface area contributed by atoms with Crippen LogP contribution in [0, 0.1) is 0 Å². The van der Waals surface area contributed by atoms with E-state index in [4.69, 9.17) is 20.5 Å². The van der Waals surface area contributed by atoms with Crippen LogP contribution < -0.4 is 5.73 Å². The lowest BCUT2D eigenvalue weighted by molar-refractivity contribution is -0.139. The minimum atomic E-state index is -3.67. The van der Waals surface area contributed by atoms with E-state index < -0.39 is 28.7 Å². The van der Waals surface area contributed by atoms with Crippen molar-refractivity contribution in [2.45, 2.75) is 6.04 Å². The van der Waals surface area contributed by atoms with E-state index in [0.29, 0.717) is 6.26 Å². The van der Waals surface area contributed by atoms with Crippen LogP contribution in [0.5, 0.6) is 0 Å². The van der Waals surface area contributed by atoms with Crippen molar-refractivity contribution < 1.29 is 28.0 Å². The van der Waals surface area contributed by atoms with Crippen molar-refractivity contribution in [1.82, 2.24) is 0 Å². The third kappa shape index (κ3) is 22.8. The highest BCUT2D eigenvalue weighted by molar-refractivity contribution is 7.85. The Morgan fingerprint density at radius 3 is 1.83 bits per heavy atom.